The van der Waals surface area contributed by atoms with Crippen molar-refractivity contribution in [2.45, 2.75) is 33.6 Å². The first-order valence-electron chi connectivity index (χ1n) is 10.5. The van der Waals surface area contributed by atoms with Gasteiger partial charge in [0.25, 0.3) is 11.8 Å². The van der Waals surface area contributed by atoms with Crippen LogP contribution in [0, 0.1) is 12.8 Å². The second-order valence-corrected chi connectivity index (χ2v) is 7.62. The minimum absolute atomic E-state index is 0.0512. The van der Waals surface area contributed by atoms with Crippen LogP contribution in [-0.2, 0) is 4.79 Å². The Hall–Kier alpha value is -2.99. The van der Waals surface area contributed by atoms with Gasteiger partial charge < -0.3 is 10.0 Å². The van der Waals surface area contributed by atoms with Crippen molar-refractivity contribution in [1.29, 1.82) is 0 Å². The van der Waals surface area contributed by atoms with Crippen molar-refractivity contribution in [2.75, 3.05) is 19.6 Å². The maximum Gasteiger partial charge on any atom is 0.281 e. The summed E-state index contributed by atoms with van der Waals surface area (Å²) in [5.74, 6) is -1.36. The molecule has 0 saturated carbocycles. The van der Waals surface area contributed by atoms with E-state index in [1.165, 1.54) is 0 Å². The van der Waals surface area contributed by atoms with Crippen LogP contribution < -0.4 is 0 Å². The molecule has 0 fully saturated rings. The van der Waals surface area contributed by atoms with E-state index >= 15 is 0 Å². The third-order valence-corrected chi connectivity index (χ3v) is 5.43. The van der Waals surface area contributed by atoms with Gasteiger partial charge >= 0.3 is 0 Å². The molecule has 30 heavy (non-hydrogen) atoms. The highest BCUT2D eigenvalue weighted by atomic mass is 16.3. The van der Waals surface area contributed by atoms with Crippen molar-refractivity contribution < 1.29 is 14.7 Å². The molecule has 1 aliphatic rings. The van der Waals surface area contributed by atoms with Crippen LogP contribution in [0.15, 0.2) is 53.6 Å². The summed E-state index contributed by atoms with van der Waals surface area (Å²) < 4.78 is 0. The van der Waals surface area contributed by atoms with Crippen LogP contribution in [0.25, 0.3) is 0 Å². The number of rotatable bonds is 8. The first-order valence-corrected chi connectivity index (χ1v) is 10.5. The molecule has 6 heteroatoms. The summed E-state index contributed by atoms with van der Waals surface area (Å²) in [6, 6.07) is 13.9. The van der Waals surface area contributed by atoms with Crippen molar-refractivity contribution in [3.63, 3.8) is 0 Å². The summed E-state index contributed by atoms with van der Waals surface area (Å²) in [4.78, 5) is 28.5. The quantitative estimate of drug-likeness (QED) is 0.675. The number of phenolic OH excluding ortho intramolecular Hbond substituents is 1. The van der Waals surface area contributed by atoms with Crippen LogP contribution in [0.5, 0.6) is 5.75 Å². The predicted octanol–water partition coefficient (Wildman–Crippen LogP) is 3.83. The number of unbranched alkanes of at least 4 members (excludes halogenated alkanes) is 1. The zero-order chi connectivity index (χ0) is 21.7. The van der Waals surface area contributed by atoms with Crippen LogP contribution in [0.2, 0.25) is 0 Å². The highest BCUT2D eigenvalue weighted by Crippen LogP contribution is 2.28. The summed E-state index contributed by atoms with van der Waals surface area (Å²) in [5.41, 5.74) is 2.37. The van der Waals surface area contributed by atoms with Crippen molar-refractivity contribution in [3.8, 4) is 5.75 Å². The first-order chi connectivity index (χ1) is 14.5. The number of hydrogen-bond acceptors (Lipinski definition) is 5. The van der Waals surface area contributed by atoms with E-state index in [9.17, 15) is 14.7 Å². The normalized spacial score (nSPS) is 16.3. The van der Waals surface area contributed by atoms with Crippen molar-refractivity contribution in [1.82, 2.24) is 9.91 Å². The Kier molecular flexibility index (Phi) is 7.00. The van der Waals surface area contributed by atoms with Gasteiger partial charge in [-0.1, -0.05) is 50.1 Å². The van der Waals surface area contributed by atoms with E-state index in [0.29, 0.717) is 23.4 Å². The molecular formula is C24H29N3O3. The third kappa shape index (κ3) is 4.60. The minimum atomic E-state index is -0.607. The Morgan fingerprint density at radius 2 is 1.83 bits per heavy atom. The lowest BCUT2D eigenvalue weighted by Crippen LogP contribution is -2.40. The number of aryl methyl sites for hydroxylation is 1. The van der Waals surface area contributed by atoms with E-state index in [2.05, 4.69) is 23.8 Å². The molecule has 3 rings (SSSR count). The largest absolute Gasteiger partial charge is 0.507 e. The molecule has 1 aliphatic heterocycles. The number of carbonyl (C=O) groups excluding carboxylic acids is 2. The Labute approximate surface area is 177 Å². The molecule has 0 unspecified atom stereocenters. The molecule has 158 valence electrons. The van der Waals surface area contributed by atoms with E-state index in [1.807, 2.05) is 19.1 Å². The van der Waals surface area contributed by atoms with Crippen molar-refractivity contribution in [2.24, 2.45) is 11.0 Å². The summed E-state index contributed by atoms with van der Waals surface area (Å²) in [7, 11) is 0. The van der Waals surface area contributed by atoms with Gasteiger partial charge in [-0.25, -0.2) is 0 Å². The zero-order valence-corrected chi connectivity index (χ0v) is 17.8. The number of hydrazone groups is 1. The minimum Gasteiger partial charge on any atom is -0.507 e. The summed E-state index contributed by atoms with van der Waals surface area (Å²) in [6.07, 6.45) is 2.09. The molecule has 2 aromatic rings. The monoisotopic (exact) mass is 407 g/mol. The molecule has 0 bridgehead atoms. The standard InChI is InChI=1S/C24H29N3O3/c1-4-6-15-26(5-2)16-20-22(19-9-7-8-10-21(19)28)25-27(24(20)30)23(29)18-13-11-17(3)12-14-18/h7-14,20,28H,4-6,15-16H2,1-3H3/t20-/m0/s1. The molecule has 0 radical (unpaired) electrons. The number of amides is 2. The summed E-state index contributed by atoms with van der Waals surface area (Å²) in [6.45, 7) is 8.25. The van der Waals surface area contributed by atoms with E-state index in [0.717, 1.165) is 36.5 Å². The number of aromatic hydroxyl groups is 1. The molecule has 1 heterocycles. The fourth-order valence-electron chi connectivity index (χ4n) is 3.57. The van der Waals surface area contributed by atoms with Crippen LogP contribution in [0.1, 0.15) is 48.2 Å². The van der Waals surface area contributed by atoms with Gasteiger partial charge in [0.1, 0.15) is 5.75 Å². The lowest BCUT2D eigenvalue weighted by Gasteiger charge is -2.24. The van der Waals surface area contributed by atoms with Gasteiger partial charge in [-0.3, -0.25) is 9.59 Å². The number of benzene rings is 2. The molecular weight excluding hydrogens is 378 g/mol. The number of hydrogen-bond donors (Lipinski definition) is 1. The van der Waals surface area contributed by atoms with Gasteiger partial charge in [0.2, 0.25) is 0 Å². The Balaban J connectivity index is 1.95. The Bertz CT molecular complexity index is 937. The average Bonchev–Trinajstić information content (AvgIpc) is 3.07. The molecule has 6 nitrogen and oxygen atoms in total. The molecule has 1 N–H and O–H groups in total. The smallest absolute Gasteiger partial charge is 0.281 e. The van der Waals surface area contributed by atoms with Gasteiger partial charge in [-0.2, -0.15) is 10.1 Å². The number of carbonyl (C=O) groups is 2. The van der Waals surface area contributed by atoms with Crippen LogP contribution in [-0.4, -0.2) is 52.2 Å². The molecule has 0 aromatic heterocycles. The fourth-order valence-corrected chi connectivity index (χ4v) is 3.57. The second-order valence-electron chi connectivity index (χ2n) is 7.62. The Morgan fingerprint density at radius 3 is 2.47 bits per heavy atom. The SMILES string of the molecule is CCCCN(CC)C[C@@H]1C(=O)N(C(=O)c2ccc(C)cc2)N=C1c1ccccc1O. The van der Waals surface area contributed by atoms with E-state index in [4.69, 9.17) is 0 Å². The second kappa shape index (κ2) is 9.67. The van der Waals surface area contributed by atoms with Crippen LogP contribution in [0.4, 0.5) is 0 Å². The number of nitrogens with zero attached hydrogens (tertiary/aromatic N) is 3. The topological polar surface area (TPSA) is 73.2 Å². The highest BCUT2D eigenvalue weighted by molar-refractivity contribution is 6.22. The third-order valence-electron chi connectivity index (χ3n) is 5.43. The van der Waals surface area contributed by atoms with Crippen molar-refractivity contribution in [3.05, 3.63) is 65.2 Å². The summed E-state index contributed by atoms with van der Waals surface area (Å²) in [5, 5.41) is 15.7. The Morgan fingerprint density at radius 1 is 1.13 bits per heavy atom. The van der Waals surface area contributed by atoms with Gasteiger partial charge in [-0.15, -0.1) is 0 Å². The number of imide groups is 1. The predicted molar refractivity (Wildman–Crippen MR) is 118 cm³/mol. The van der Waals surface area contributed by atoms with Gasteiger partial charge in [0.05, 0.1) is 11.6 Å². The van der Waals surface area contributed by atoms with Gasteiger partial charge in [-0.05, 0) is 50.7 Å². The molecule has 2 aromatic carbocycles. The van der Waals surface area contributed by atoms with Crippen LogP contribution >= 0.6 is 0 Å². The van der Waals surface area contributed by atoms with E-state index in [-0.39, 0.29) is 11.7 Å². The molecule has 0 spiro atoms. The fraction of sp³-hybridized carbons (Fsp3) is 0.375. The van der Waals surface area contributed by atoms with E-state index < -0.39 is 11.8 Å². The number of phenols is 1. The van der Waals surface area contributed by atoms with Gasteiger partial charge in [0, 0.05) is 17.7 Å². The first kappa shape index (κ1) is 21.7. The molecule has 2 amide bonds. The maximum absolute atomic E-state index is 13.3. The van der Waals surface area contributed by atoms with E-state index in [1.54, 1.807) is 36.4 Å². The number of para-hydroxylation sites is 1. The maximum atomic E-state index is 13.3. The zero-order valence-electron chi connectivity index (χ0n) is 17.8. The highest BCUT2D eigenvalue weighted by Gasteiger charge is 2.41. The molecule has 0 saturated heterocycles. The lowest BCUT2D eigenvalue weighted by molar-refractivity contribution is -0.129. The summed E-state index contributed by atoms with van der Waals surface area (Å²) >= 11 is 0. The lowest BCUT2D eigenvalue weighted by atomic mass is 9.95. The average molecular weight is 408 g/mol. The molecule has 0 aliphatic carbocycles. The van der Waals surface area contributed by atoms with Crippen molar-refractivity contribution >= 4 is 17.5 Å². The van der Waals surface area contributed by atoms with Crippen LogP contribution in [0.3, 0.4) is 0 Å². The van der Waals surface area contributed by atoms with Gasteiger partial charge in [0.15, 0.2) is 0 Å². The molecule has 1 atom stereocenters.